The molecule has 0 spiro atoms. The molecule has 0 saturated carbocycles. The average Bonchev–Trinajstić information content (AvgIpc) is 2.93. The van der Waals surface area contributed by atoms with Gasteiger partial charge in [0.25, 0.3) is 5.91 Å². The summed E-state index contributed by atoms with van der Waals surface area (Å²) in [5.74, 6) is -0.963. The Morgan fingerprint density at radius 3 is 2.58 bits per heavy atom. The predicted molar refractivity (Wildman–Crippen MR) is 91.7 cm³/mol. The van der Waals surface area contributed by atoms with Gasteiger partial charge in [-0.25, -0.2) is 4.68 Å². The van der Waals surface area contributed by atoms with Gasteiger partial charge in [-0.3, -0.25) is 9.59 Å². The second-order valence-electron chi connectivity index (χ2n) is 5.49. The molecule has 1 amide bonds. The van der Waals surface area contributed by atoms with Crippen LogP contribution in [0.25, 0.3) is 5.69 Å². The van der Waals surface area contributed by atoms with E-state index in [9.17, 15) is 9.59 Å². The summed E-state index contributed by atoms with van der Waals surface area (Å²) in [5, 5.41) is 16.3. The van der Waals surface area contributed by atoms with Crippen molar-refractivity contribution in [1.82, 2.24) is 15.1 Å². The Bertz CT molecular complexity index is 710. The molecule has 1 aromatic carbocycles. The number of unbranched alkanes of at least 4 members (excludes halogenated alkanes) is 2. The lowest BCUT2D eigenvalue weighted by Gasteiger charge is -2.07. The molecule has 0 unspecified atom stereocenters. The molecule has 2 rings (SSSR count). The summed E-state index contributed by atoms with van der Waals surface area (Å²) in [6, 6.07) is 7.22. The predicted octanol–water partition coefficient (Wildman–Crippen LogP) is 3.21. The van der Waals surface area contributed by atoms with Crippen LogP contribution in [0.2, 0.25) is 5.02 Å². The van der Waals surface area contributed by atoms with Crippen LogP contribution < -0.4 is 5.32 Å². The van der Waals surface area contributed by atoms with E-state index in [2.05, 4.69) is 10.4 Å². The van der Waals surface area contributed by atoms with Gasteiger partial charge in [0, 0.05) is 18.0 Å². The number of carbonyl (C=O) groups excluding carboxylic acids is 1. The molecule has 0 aliphatic rings. The topological polar surface area (TPSA) is 84.2 Å². The number of hydrogen-bond acceptors (Lipinski definition) is 3. The van der Waals surface area contributed by atoms with Crippen LogP contribution in [-0.4, -0.2) is 33.3 Å². The SMILES string of the molecule is Cc1c(C(=O)NCCCCCC(=O)O)cnn1-c1ccc(Cl)cc1. The van der Waals surface area contributed by atoms with Gasteiger partial charge in [0.15, 0.2) is 0 Å². The van der Waals surface area contributed by atoms with E-state index in [1.165, 1.54) is 0 Å². The van der Waals surface area contributed by atoms with E-state index in [0.29, 0.717) is 23.6 Å². The standard InChI is InChI=1S/C17H20ClN3O3/c1-12-15(17(24)19-10-4-2-3-5-16(22)23)11-20-21(12)14-8-6-13(18)7-9-14/h6-9,11H,2-5,10H2,1H3,(H,19,24)(H,22,23). The normalized spacial score (nSPS) is 10.6. The van der Waals surface area contributed by atoms with E-state index in [1.807, 2.05) is 19.1 Å². The number of halogens is 1. The van der Waals surface area contributed by atoms with Gasteiger partial charge in [-0.1, -0.05) is 18.0 Å². The minimum absolute atomic E-state index is 0.168. The van der Waals surface area contributed by atoms with Crippen LogP contribution in [0, 0.1) is 6.92 Å². The number of carboxylic acids is 1. The molecule has 0 bridgehead atoms. The van der Waals surface area contributed by atoms with Gasteiger partial charge in [-0.05, 0) is 44.0 Å². The lowest BCUT2D eigenvalue weighted by atomic mass is 10.2. The van der Waals surface area contributed by atoms with Gasteiger partial charge < -0.3 is 10.4 Å². The number of aromatic nitrogens is 2. The first-order valence-corrected chi connectivity index (χ1v) is 8.17. The number of benzene rings is 1. The molecule has 0 aliphatic carbocycles. The van der Waals surface area contributed by atoms with Gasteiger partial charge in [0.1, 0.15) is 0 Å². The molecular formula is C17H20ClN3O3. The monoisotopic (exact) mass is 349 g/mol. The summed E-state index contributed by atoms with van der Waals surface area (Å²) in [6.45, 7) is 2.35. The van der Waals surface area contributed by atoms with Crippen molar-refractivity contribution in [3.05, 3.63) is 46.7 Å². The van der Waals surface area contributed by atoms with E-state index in [4.69, 9.17) is 16.7 Å². The number of rotatable bonds is 8. The van der Waals surface area contributed by atoms with Crippen molar-refractivity contribution in [2.45, 2.75) is 32.6 Å². The maximum Gasteiger partial charge on any atom is 0.303 e. The molecule has 0 radical (unpaired) electrons. The Morgan fingerprint density at radius 1 is 1.21 bits per heavy atom. The van der Waals surface area contributed by atoms with E-state index in [-0.39, 0.29) is 12.3 Å². The minimum Gasteiger partial charge on any atom is -0.481 e. The van der Waals surface area contributed by atoms with Crippen molar-refractivity contribution < 1.29 is 14.7 Å². The van der Waals surface area contributed by atoms with Crippen LogP contribution in [0.15, 0.2) is 30.5 Å². The van der Waals surface area contributed by atoms with Crippen LogP contribution in [0.4, 0.5) is 0 Å². The van der Waals surface area contributed by atoms with Crippen molar-refractivity contribution in [2.24, 2.45) is 0 Å². The zero-order valence-electron chi connectivity index (χ0n) is 13.5. The Morgan fingerprint density at radius 2 is 1.92 bits per heavy atom. The summed E-state index contributed by atoms with van der Waals surface area (Å²) >= 11 is 5.88. The summed E-state index contributed by atoms with van der Waals surface area (Å²) in [5.41, 5.74) is 2.11. The van der Waals surface area contributed by atoms with E-state index in [0.717, 1.165) is 24.2 Å². The summed E-state index contributed by atoms with van der Waals surface area (Å²) in [6.07, 6.45) is 3.86. The molecule has 2 aromatic rings. The van der Waals surface area contributed by atoms with Crippen molar-refractivity contribution in [3.8, 4) is 5.69 Å². The zero-order valence-corrected chi connectivity index (χ0v) is 14.2. The lowest BCUT2D eigenvalue weighted by molar-refractivity contribution is -0.137. The van der Waals surface area contributed by atoms with Crippen LogP contribution in [0.5, 0.6) is 0 Å². The second kappa shape index (κ2) is 8.49. The zero-order chi connectivity index (χ0) is 17.5. The fourth-order valence-electron chi connectivity index (χ4n) is 2.35. The highest BCUT2D eigenvalue weighted by atomic mass is 35.5. The van der Waals surface area contributed by atoms with Gasteiger partial charge in [-0.2, -0.15) is 5.10 Å². The quantitative estimate of drug-likeness (QED) is 0.717. The first-order valence-electron chi connectivity index (χ1n) is 7.79. The Balaban J connectivity index is 1.89. The van der Waals surface area contributed by atoms with Gasteiger partial charge >= 0.3 is 5.97 Å². The molecule has 0 fully saturated rings. The van der Waals surface area contributed by atoms with Crippen LogP contribution in [-0.2, 0) is 4.79 Å². The maximum absolute atomic E-state index is 12.2. The van der Waals surface area contributed by atoms with Gasteiger partial charge in [0.05, 0.1) is 23.1 Å². The summed E-state index contributed by atoms with van der Waals surface area (Å²) in [7, 11) is 0. The van der Waals surface area contributed by atoms with Gasteiger partial charge in [-0.15, -0.1) is 0 Å². The van der Waals surface area contributed by atoms with E-state index >= 15 is 0 Å². The van der Waals surface area contributed by atoms with Crippen molar-refractivity contribution in [1.29, 1.82) is 0 Å². The molecule has 2 N–H and O–H groups in total. The Kier molecular flexibility index (Phi) is 6.37. The number of nitrogens with one attached hydrogen (secondary N) is 1. The number of carbonyl (C=O) groups is 2. The van der Waals surface area contributed by atoms with Crippen LogP contribution in [0.3, 0.4) is 0 Å². The first-order chi connectivity index (χ1) is 11.5. The maximum atomic E-state index is 12.2. The lowest BCUT2D eigenvalue weighted by Crippen LogP contribution is -2.24. The highest BCUT2D eigenvalue weighted by molar-refractivity contribution is 6.30. The third kappa shape index (κ3) is 4.83. The minimum atomic E-state index is -0.788. The Hall–Kier alpha value is -2.34. The fourth-order valence-corrected chi connectivity index (χ4v) is 2.48. The van der Waals surface area contributed by atoms with E-state index in [1.54, 1.807) is 23.0 Å². The molecule has 1 aromatic heterocycles. The molecule has 6 nitrogen and oxygen atoms in total. The molecule has 0 atom stereocenters. The highest BCUT2D eigenvalue weighted by Crippen LogP contribution is 2.16. The molecule has 24 heavy (non-hydrogen) atoms. The number of carboxylic acid groups (broad SMARTS) is 1. The third-order valence-corrected chi connectivity index (χ3v) is 3.93. The van der Waals surface area contributed by atoms with Crippen molar-refractivity contribution >= 4 is 23.5 Å². The molecular weight excluding hydrogens is 330 g/mol. The number of aliphatic carboxylic acids is 1. The number of hydrogen-bond donors (Lipinski definition) is 2. The third-order valence-electron chi connectivity index (χ3n) is 3.68. The van der Waals surface area contributed by atoms with Crippen LogP contribution >= 0.6 is 11.6 Å². The summed E-state index contributed by atoms with van der Waals surface area (Å²) < 4.78 is 1.69. The van der Waals surface area contributed by atoms with Crippen molar-refractivity contribution in [2.75, 3.05) is 6.54 Å². The molecule has 0 saturated heterocycles. The van der Waals surface area contributed by atoms with E-state index < -0.39 is 5.97 Å². The summed E-state index contributed by atoms with van der Waals surface area (Å²) in [4.78, 5) is 22.6. The van der Waals surface area contributed by atoms with Crippen molar-refractivity contribution in [3.63, 3.8) is 0 Å². The molecule has 128 valence electrons. The molecule has 0 aliphatic heterocycles. The first kappa shape index (κ1) is 18.0. The highest BCUT2D eigenvalue weighted by Gasteiger charge is 2.14. The van der Waals surface area contributed by atoms with Gasteiger partial charge in [0.2, 0.25) is 0 Å². The second-order valence-corrected chi connectivity index (χ2v) is 5.93. The number of amides is 1. The Labute approximate surface area is 145 Å². The average molecular weight is 350 g/mol. The fraction of sp³-hybridized carbons (Fsp3) is 0.353. The van der Waals surface area contributed by atoms with Crippen LogP contribution in [0.1, 0.15) is 41.7 Å². The smallest absolute Gasteiger partial charge is 0.303 e. The molecule has 1 heterocycles. The largest absolute Gasteiger partial charge is 0.481 e. The molecule has 7 heteroatoms. The number of nitrogens with zero attached hydrogens (tertiary/aromatic N) is 2.